The van der Waals surface area contributed by atoms with Crippen LogP contribution in [0.5, 0.6) is 0 Å². The first-order valence-corrected chi connectivity index (χ1v) is 3.56. The second-order valence-electron chi connectivity index (χ2n) is 2.50. The van der Waals surface area contributed by atoms with Crippen LogP contribution in [0.25, 0.3) is 0 Å². The van der Waals surface area contributed by atoms with Gasteiger partial charge in [0.1, 0.15) is 0 Å². The minimum Gasteiger partial charge on any atom is -0.385 e. The van der Waals surface area contributed by atoms with Gasteiger partial charge in [0.05, 0.1) is 12.1 Å². The zero-order valence-corrected chi connectivity index (χ0v) is 6.41. The van der Waals surface area contributed by atoms with Crippen molar-refractivity contribution in [2.75, 3.05) is 13.1 Å². The fourth-order valence-corrected chi connectivity index (χ4v) is 0.731. The van der Waals surface area contributed by atoms with Gasteiger partial charge in [-0.3, -0.25) is 0 Å². The molecular formula is C6H10N4O2. The van der Waals surface area contributed by atoms with Crippen LogP contribution in [0.4, 0.5) is 0 Å². The molecule has 0 radical (unpaired) electrons. The highest BCUT2D eigenvalue weighted by molar-refractivity contribution is 5.82. The maximum absolute atomic E-state index is 9.95. The van der Waals surface area contributed by atoms with Gasteiger partial charge in [-0.25, -0.2) is 0 Å². The highest BCUT2D eigenvalue weighted by Gasteiger charge is 2.13. The molecule has 6 heteroatoms. The molecule has 1 aliphatic heterocycles. The van der Waals surface area contributed by atoms with E-state index in [4.69, 9.17) is 5.41 Å². The van der Waals surface area contributed by atoms with Gasteiger partial charge in [-0.1, -0.05) is 5.41 Å². The van der Waals surface area contributed by atoms with Gasteiger partial charge in [-0.05, 0) is 4.92 Å². The first-order valence-electron chi connectivity index (χ1n) is 3.56. The van der Waals surface area contributed by atoms with E-state index in [0.717, 1.165) is 19.2 Å². The lowest BCUT2D eigenvalue weighted by Crippen LogP contribution is -2.53. The summed E-state index contributed by atoms with van der Waals surface area (Å²) >= 11 is 0. The van der Waals surface area contributed by atoms with E-state index in [9.17, 15) is 10.1 Å². The van der Waals surface area contributed by atoms with Crippen LogP contribution >= 0.6 is 0 Å². The van der Waals surface area contributed by atoms with E-state index in [2.05, 4.69) is 10.6 Å². The summed E-state index contributed by atoms with van der Waals surface area (Å²) in [6, 6.07) is 0.348. The smallest absolute Gasteiger partial charge is 0.357 e. The van der Waals surface area contributed by atoms with Crippen LogP contribution in [0.15, 0.2) is 12.3 Å². The van der Waals surface area contributed by atoms with E-state index in [-0.39, 0.29) is 0 Å². The third-order valence-corrected chi connectivity index (χ3v) is 1.55. The summed E-state index contributed by atoms with van der Waals surface area (Å²) in [5, 5.41) is 22.7. The number of rotatable bonds is 3. The summed E-state index contributed by atoms with van der Waals surface area (Å²) in [5.41, 5.74) is 0. The molecule has 0 aromatic heterocycles. The summed E-state index contributed by atoms with van der Waals surface area (Å²) in [4.78, 5) is 9.21. The Hall–Kier alpha value is -1.43. The van der Waals surface area contributed by atoms with Crippen LogP contribution in [0.1, 0.15) is 0 Å². The maximum atomic E-state index is 9.95. The van der Waals surface area contributed by atoms with Gasteiger partial charge in [0, 0.05) is 19.3 Å². The molecule has 1 saturated heterocycles. The number of amidine groups is 1. The van der Waals surface area contributed by atoms with Crippen LogP contribution in [0, 0.1) is 15.5 Å². The molecule has 1 fully saturated rings. The fraction of sp³-hybridized carbons (Fsp3) is 0.500. The van der Waals surface area contributed by atoms with E-state index in [1.54, 1.807) is 0 Å². The lowest BCUT2D eigenvalue weighted by atomic mass is 10.2. The molecule has 0 spiro atoms. The van der Waals surface area contributed by atoms with Crippen molar-refractivity contribution in [2.24, 2.45) is 0 Å². The normalized spacial score (nSPS) is 17.3. The predicted octanol–water partition coefficient (Wildman–Crippen LogP) is -0.685. The van der Waals surface area contributed by atoms with Crippen molar-refractivity contribution in [2.45, 2.75) is 6.04 Å². The Kier molecular flexibility index (Phi) is 2.76. The monoisotopic (exact) mass is 170 g/mol. The van der Waals surface area contributed by atoms with Crippen LogP contribution in [-0.2, 0) is 0 Å². The molecule has 0 bridgehead atoms. The lowest BCUT2D eigenvalue weighted by Gasteiger charge is -2.26. The summed E-state index contributed by atoms with van der Waals surface area (Å²) in [7, 11) is 0. The molecular weight excluding hydrogens is 160 g/mol. The summed E-state index contributed by atoms with van der Waals surface area (Å²) in [6.07, 6.45) is 2.58. The van der Waals surface area contributed by atoms with Crippen molar-refractivity contribution in [3.05, 3.63) is 22.4 Å². The highest BCUT2D eigenvalue weighted by atomic mass is 16.6. The molecule has 1 rings (SSSR count). The van der Waals surface area contributed by atoms with E-state index in [1.165, 1.54) is 6.20 Å². The van der Waals surface area contributed by atoms with Crippen molar-refractivity contribution in [1.82, 2.24) is 10.6 Å². The van der Waals surface area contributed by atoms with Crippen LogP contribution in [0.3, 0.4) is 0 Å². The van der Waals surface area contributed by atoms with E-state index >= 15 is 0 Å². The number of nitro groups is 1. The van der Waals surface area contributed by atoms with Crippen molar-refractivity contribution in [3.8, 4) is 0 Å². The Morgan fingerprint density at radius 1 is 1.75 bits per heavy atom. The van der Waals surface area contributed by atoms with E-state index in [0.29, 0.717) is 6.04 Å². The molecule has 66 valence electrons. The van der Waals surface area contributed by atoms with Gasteiger partial charge in [0.15, 0.2) is 0 Å². The fourth-order valence-electron chi connectivity index (χ4n) is 0.731. The van der Waals surface area contributed by atoms with Crippen LogP contribution in [-0.4, -0.2) is 29.9 Å². The number of hydrogen-bond donors (Lipinski definition) is 3. The Morgan fingerprint density at radius 3 is 2.83 bits per heavy atom. The average molecular weight is 170 g/mol. The van der Waals surface area contributed by atoms with Gasteiger partial charge in [-0.2, -0.15) is 0 Å². The zero-order valence-electron chi connectivity index (χ0n) is 6.41. The van der Waals surface area contributed by atoms with Gasteiger partial charge < -0.3 is 20.7 Å². The standard InChI is InChI=1S/C6H10N4O2/c7-6(10(11)12)1-2-9-5-3-8-4-5/h1-2,5,7-9H,3-4H2/b2-1-,7-6?. The topological polar surface area (TPSA) is 91.1 Å². The third-order valence-electron chi connectivity index (χ3n) is 1.55. The minimum absolute atomic E-state index is 0.348. The van der Waals surface area contributed by atoms with Crippen molar-refractivity contribution in [3.63, 3.8) is 0 Å². The molecule has 1 heterocycles. The van der Waals surface area contributed by atoms with Crippen molar-refractivity contribution < 1.29 is 4.92 Å². The van der Waals surface area contributed by atoms with Crippen molar-refractivity contribution in [1.29, 1.82) is 5.41 Å². The van der Waals surface area contributed by atoms with Crippen molar-refractivity contribution >= 4 is 5.84 Å². The van der Waals surface area contributed by atoms with Gasteiger partial charge in [0.2, 0.25) is 0 Å². The number of nitrogens with one attached hydrogen (secondary N) is 3. The Labute approximate surface area is 69.3 Å². The van der Waals surface area contributed by atoms with Gasteiger partial charge in [-0.15, -0.1) is 0 Å². The number of hydrogen-bond acceptors (Lipinski definition) is 5. The maximum Gasteiger partial charge on any atom is 0.357 e. The summed E-state index contributed by atoms with van der Waals surface area (Å²) < 4.78 is 0. The van der Waals surface area contributed by atoms with Crippen LogP contribution in [0.2, 0.25) is 0 Å². The summed E-state index contributed by atoms with van der Waals surface area (Å²) in [6.45, 7) is 1.74. The molecule has 0 aromatic carbocycles. The molecule has 0 saturated carbocycles. The average Bonchev–Trinajstić information content (AvgIpc) is 1.93. The molecule has 12 heavy (non-hydrogen) atoms. The lowest BCUT2D eigenvalue weighted by molar-refractivity contribution is -0.349. The Bertz CT molecular complexity index is 222. The Morgan fingerprint density at radius 2 is 2.42 bits per heavy atom. The number of nitrogens with zero attached hydrogens (tertiary/aromatic N) is 1. The minimum atomic E-state index is -0.739. The molecule has 0 atom stereocenters. The molecule has 6 nitrogen and oxygen atoms in total. The van der Waals surface area contributed by atoms with Gasteiger partial charge >= 0.3 is 5.84 Å². The second kappa shape index (κ2) is 3.82. The quantitative estimate of drug-likeness (QED) is 0.226. The SMILES string of the molecule is N=C(/C=C\NC1CNC1)[N+](=O)[O-]. The predicted molar refractivity (Wildman–Crippen MR) is 43.7 cm³/mol. The van der Waals surface area contributed by atoms with E-state index < -0.39 is 10.8 Å². The summed E-state index contributed by atoms with van der Waals surface area (Å²) in [5.74, 6) is -0.602. The zero-order chi connectivity index (χ0) is 8.97. The van der Waals surface area contributed by atoms with E-state index in [1.807, 2.05) is 0 Å². The molecule has 0 aliphatic carbocycles. The first kappa shape index (κ1) is 8.66. The largest absolute Gasteiger partial charge is 0.385 e. The first-order chi connectivity index (χ1) is 5.70. The molecule has 0 unspecified atom stereocenters. The molecule has 0 aromatic rings. The Balaban J connectivity index is 2.20. The third kappa shape index (κ3) is 2.31. The highest BCUT2D eigenvalue weighted by Crippen LogP contribution is 1.89. The van der Waals surface area contributed by atoms with Crippen LogP contribution < -0.4 is 10.6 Å². The molecule has 0 amide bonds. The second-order valence-corrected chi connectivity index (χ2v) is 2.50. The molecule has 1 aliphatic rings. The van der Waals surface area contributed by atoms with Gasteiger partial charge in [0.25, 0.3) is 0 Å². The molecule has 3 N–H and O–H groups in total.